The lowest BCUT2D eigenvalue weighted by Crippen LogP contribution is -2.25. The van der Waals surface area contributed by atoms with Gasteiger partial charge in [-0.05, 0) is 6.42 Å². The van der Waals surface area contributed by atoms with E-state index in [2.05, 4.69) is 21.5 Å². The number of likely N-dealkylation sites (tertiary alicyclic amines) is 1. The maximum absolute atomic E-state index is 12.3. The van der Waals surface area contributed by atoms with Crippen LogP contribution in [0.2, 0.25) is 0 Å². The van der Waals surface area contributed by atoms with E-state index < -0.39 is 0 Å². The zero-order valence-corrected chi connectivity index (χ0v) is 13.9. The van der Waals surface area contributed by atoms with Crippen LogP contribution in [0.1, 0.15) is 6.42 Å². The van der Waals surface area contributed by atoms with E-state index in [1.807, 2.05) is 18.2 Å². The van der Waals surface area contributed by atoms with Crippen molar-refractivity contribution >= 4 is 34.4 Å². The summed E-state index contributed by atoms with van der Waals surface area (Å²) in [5.74, 6) is -0.580. The van der Waals surface area contributed by atoms with Crippen molar-refractivity contribution in [3.63, 3.8) is 0 Å². The molecule has 0 bridgehead atoms. The molecule has 0 radical (unpaired) electrons. The molecule has 0 saturated carbocycles. The fourth-order valence-corrected chi connectivity index (χ4v) is 3.85. The zero-order valence-electron chi connectivity index (χ0n) is 13.1. The molecule has 3 heterocycles. The molecular formula is C17H13N5O2S. The molecule has 2 aromatic rings. The van der Waals surface area contributed by atoms with Gasteiger partial charge in [-0.1, -0.05) is 29.5 Å². The second-order valence-electron chi connectivity index (χ2n) is 5.89. The third-order valence-corrected chi connectivity index (χ3v) is 5.22. The summed E-state index contributed by atoms with van der Waals surface area (Å²) in [5, 5.41) is 13.6. The second-order valence-corrected chi connectivity index (χ2v) is 6.92. The molecular weight excluding hydrogens is 338 g/mol. The molecule has 1 aromatic carbocycles. The van der Waals surface area contributed by atoms with Gasteiger partial charge in [0.25, 0.3) is 5.91 Å². The lowest BCUT2D eigenvalue weighted by atomic mass is 10.1. The number of nitrogens with one attached hydrogen (secondary N) is 1. The molecule has 25 heavy (non-hydrogen) atoms. The third-order valence-electron chi connectivity index (χ3n) is 4.27. The van der Waals surface area contributed by atoms with Gasteiger partial charge in [-0.15, -0.1) is 0 Å². The van der Waals surface area contributed by atoms with Crippen LogP contribution in [0, 0.1) is 17.4 Å². The van der Waals surface area contributed by atoms with Gasteiger partial charge >= 0.3 is 0 Å². The van der Waals surface area contributed by atoms with E-state index in [1.165, 1.54) is 17.4 Å². The molecule has 1 saturated heterocycles. The molecule has 4 rings (SSSR count). The molecule has 1 atom stereocenters. The number of thiazole rings is 1. The number of carbonyl (C=O) groups is 2. The summed E-state index contributed by atoms with van der Waals surface area (Å²) in [7, 11) is 0. The molecule has 2 amide bonds. The summed E-state index contributed by atoms with van der Waals surface area (Å²) >= 11 is 1.34. The first-order valence-electron chi connectivity index (χ1n) is 7.79. The van der Waals surface area contributed by atoms with Gasteiger partial charge in [0, 0.05) is 36.1 Å². The number of nitrogens with zero attached hydrogens (tertiary/aromatic N) is 4. The van der Waals surface area contributed by atoms with Crippen LogP contribution in [-0.4, -0.2) is 34.8 Å². The number of nitriles is 1. The fraction of sp³-hybridized carbons (Fsp3) is 0.235. The minimum Gasteiger partial charge on any atom is -0.310 e. The number of hydrogen-bond acceptors (Lipinski definition) is 6. The van der Waals surface area contributed by atoms with Crippen molar-refractivity contribution in [3.8, 4) is 16.6 Å². The van der Waals surface area contributed by atoms with Crippen LogP contribution in [-0.2, 0) is 9.59 Å². The Morgan fingerprint density at radius 3 is 3.12 bits per heavy atom. The van der Waals surface area contributed by atoms with Crippen molar-refractivity contribution in [2.45, 2.75) is 6.42 Å². The first-order valence-corrected chi connectivity index (χ1v) is 8.61. The van der Waals surface area contributed by atoms with Crippen LogP contribution >= 0.6 is 11.3 Å². The average molecular weight is 351 g/mol. The Kier molecular flexibility index (Phi) is 3.78. The summed E-state index contributed by atoms with van der Waals surface area (Å²) in [6.07, 6.45) is 5.91. The maximum atomic E-state index is 12.3. The smallest absolute Gasteiger partial charge is 0.270 e. The van der Waals surface area contributed by atoms with Crippen molar-refractivity contribution in [1.82, 2.24) is 9.88 Å². The molecule has 0 aliphatic carbocycles. The number of amides is 2. The van der Waals surface area contributed by atoms with Crippen LogP contribution in [0.25, 0.3) is 16.5 Å². The molecule has 2 aliphatic rings. The number of benzene rings is 1. The van der Waals surface area contributed by atoms with E-state index in [1.54, 1.807) is 11.1 Å². The Bertz CT molecular complexity index is 1040. The number of carbonyl (C=O) groups excluding carboxylic acids is 2. The number of hydrogen-bond donors (Lipinski definition) is 1. The molecule has 8 heteroatoms. The molecule has 2 aliphatic heterocycles. The van der Waals surface area contributed by atoms with E-state index in [-0.39, 0.29) is 17.7 Å². The first-order chi connectivity index (χ1) is 12.1. The van der Waals surface area contributed by atoms with Crippen molar-refractivity contribution < 1.29 is 9.59 Å². The van der Waals surface area contributed by atoms with Crippen LogP contribution in [0.5, 0.6) is 0 Å². The van der Waals surface area contributed by atoms with E-state index in [0.29, 0.717) is 30.0 Å². The van der Waals surface area contributed by atoms with Crippen LogP contribution in [0.3, 0.4) is 0 Å². The standard InChI is InChI=1S/C17H13N5O2S/c18-9-22-5-4-11(8-22)16(24)21-17-19-7-13(25-17)12-3-1-2-10-6-14(23)20-15(10)12/h1-3,6-7,11H,4-5,8H2,(H,19,21,24)/t11-/m0/s1. The lowest BCUT2D eigenvalue weighted by molar-refractivity contribution is -0.119. The van der Waals surface area contributed by atoms with Crippen molar-refractivity contribution in [3.05, 3.63) is 35.0 Å². The van der Waals surface area contributed by atoms with Crippen molar-refractivity contribution in [2.24, 2.45) is 10.9 Å². The molecule has 7 nitrogen and oxygen atoms in total. The van der Waals surface area contributed by atoms with Gasteiger partial charge in [-0.25, -0.2) is 9.98 Å². The topological polar surface area (TPSA) is 98.5 Å². The molecule has 1 aromatic heterocycles. The summed E-state index contributed by atoms with van der Waals surface area (Å²) in [6.45, 7) is 1.06. The van der Waals surface area contributed by atoms with Gasteiger partial charge in [0.15, 0.2) is 11.3 Å². The number of para-hydroxylation sites is 1. The highest BCUT2D eigenvalue weighted by molar-refractivity contribution is 7.19. The highest BCUT2D eigenvalue weighted by Gasteiger charge is 2.28. The third kappa shape index (κ3) is 2.90. The van der Waals surface area contributed by atoms with E-state index in [9.17, 15) is 9.59 Å². The van der Waals surface area contributed by atoms with Gasteiger partial charge < -0.3 is 10.2 Å². The Balaban J connectivity index is 1.55. The highest BCUT2D eigenvalue weighted by Crippen LogP contribution is 2.27. The van der Waals surface area contributed by atoms with E-state index >= 15 is 0 Å². The normalized spacial score (nSPS) is 18.3. The van der Waals surface area contributed by atoms with Gasteiger partial charge in [0.1, 0.15) is 0 Å². The lowest BCUT2D eigenvalue weighted by Gasteiger charge is -2.08. The summed E-state index contributed by atoms with van der Waals surface area (Å²) < 4.78 is 0. The van der Waals surface area contributed by atoms with Crippen LogP contribution < -0.4 is 15.9 Å². The Morgan fingerprint density at radius 2 is 2.32 bits per heavy atom. The van der Waals surface area contributed by atoms with Gasteiger partial charge in [-0.3, -0.25) is 9.59 Å². The van der Waals surface area contributed by atoms with Crippen molar-refractivity contribution in [1.29, 1.82) is 5.26 Å². The van der Waals surface area contributed by atoms with Crippen LogP contribution in [0.4, 0.5) is 5.13 Å². The number of anilines is 1. The van der Waals surface area contributed by atoms with Crippen molar-refractivity contribution in [2.75, 3.05) is 18.4 Å². The number of fused-ring (bicyclic) bond motifs is 1. The highest BCUT2D eigenvalue weighted by atomic mass is 32.1. The minimum absolute atomic E-state index is 0.120. The van der Waals surface area contributed by atoms with E-state index in [0.717, 1.165) is 15.7 Å². The van der Waals surface area contributed by atoms with Gasteiger partial charge in [0.2, 0.25) is 5.91 Å². The summed E-state index contributed by atoms with van der Waals surface area (Å²) in [5.41, 5.74) is 0.828. The maximum Gasteiger partial charge on any atom is 0.270 e. The average Bonchev–Trinajstić information content (AvgIpc) is 3.32. The predicted molar refractivity (Wildman–Crippen MR) is 91.7 cm³/mol. The quantitative estimate of drug-likeness (QED) is 0.812. The molecule has 0 unspecified atom stereocenters. The minimum atomic E-state index is -0.260. The Labute approximate surface area is 146 Å². The monoisotopic (exact) mass is 351 g/mol. The molecule has 1 N–H and O–H groups in total. The predicted octanol–water partition coefficient (Wildman–Crippen LogP) is 0.492. The molecule has 124 valence electrons. The largest absolute Gasteiger partial charge is 0.310 e. The second kappa shape index (κ2) is 6.11. The molecule has 1 fully saturated rings. The summed E-state index contributed by atoms with van der Waals surface area (Å²) in [6, 6.07) is 5.60. The SMILES string of the molecule is N#CN1CC[C@H](C(=O)Nc2ncc(-c3cccc4c3=NC(=O)C=4)s2)C1. The van der Waals surface area contributed by atoms with Crippen LogP contribution in [0.15, 0.2) is 29.4 Å². The van der Waals surface area contributed by atoms with Gasteiger partial charge in [-0.2, -0.15) is 5.26 Å². The fourth-order valence-electron chi connectivity index (χ4n) is 3.01. The zero-order chi connectivity index (χ0) is 17.4. The van der Waals surface area contributed by atoms with Gasteiger partial charge in [0.05, 0.1) is 16.2 Å². The summed E-state index contributed by atoms with van der Waals surface area (Å²) in [4.78, 5) is 34.5. The Hall–Kier alpha value is -3.05. The number of aromatic nitrogens is 1. The Morgan fingerprint density at radius 1 is 1.44 bits per heavy atom. The first kappa shape index (κ1) is 15.5. The molecule has 0 spiro atoms. The number of rotatable bonds is 3. The van der Waals surface area contributed by atoms with E-state index in [4.69, 9.17) is 5.26 Å².